The molecular weight excluding hydrogens is 372 g/mol. The first-order valence-corrected chi connectivity index (χ1v) is 9.49. The van der Waals surface area contributed by atoms with Crippen molar-refractivity contribution >= 4 is 23.7 Å². The summed E-state index contributed by atoms with van der Waals surface area (Å²) in [5.41, 5.74) is 2.88. The SMILES string of the molecule is COC(=O)Cc1cccc(Nc2ncc3c(n2)CN(C(=O)OC(C)(C)C)CC3)c1. The maximum Gasteiger partial charge on any atom is 0.410 e. The summed E-state index contributed by atoms with van der Waals surface area (Å²) < 4.78 is 10.2. The van der Waals surface area contributed by atoms with Crippen LogP contribution in [-0.2, 0) is 33.7 Å². The van der Waals surface area contributed by atoms with Crippen LogP contribution in [-0.4, -0.2) is 46.2 Å². The van der Waals surface area contributed by atoms with E-state index in [1.807, 2.05) is 45.0 Å². The van der Waals surface area contributed by atoms with E-state index in [2.05, 4.69) is 15.3 Å². The third kappa shape index (κ3) is 5.66. The van der Waals surface area contributed by atoms with E-state index < -0.39 is 5.60 Å². The summed E-state index contributed by atoms with van der Waals surface area (Å²) in [7, 11) is 1.37. The zero-order valence-electron chi connectivity index (χ0n) is 17.2. The highest BCUT2D eigenvalue weighted by atomic mass is 16.6. The average Bonchev–Trinajstić information content (AvgIpc) is 2.66. The van der Waals surface area contributed by atoms with Gasteiger partial charge in [-0.2, -0.15) is 0 Å². The fraction of sp³-hybridized carbons (Fsp3) is 0.429. The van der Waals surface area contributed by atoms with Gasteiger partial charge in [0.25, 0.3) is 0 Å². The molecule has 1 aliphatic heterocycles. The molecule has 8 heteroatoms. The molecule has 3 rings (SSSR count). The average molecular weight is 398 g/mol. The quantitative estimate of drug-likeness (QED) is 0.790. The number of nitrogens with one attached hydrogen (secondary N) is 1. The number of carbonyl (C=O) groups excluding carboxylic acids is 2. The Bertz CT molecular complexity index is 908. The van der Waals surface area contributed by atoms with E-state index in [0.29, 0.717) is 25.5 Å². The van der Waals surface area contributed by atoms with Crippen LogP contribution in [0.2, 0.25) is 0 Å². The number of anilines is 2. The van der Waals surface area contributed by atoms with Crippen molar-refractivity contribution in [1.82, 2.24) is 14.9 Å². The first-order valence-electron chi connectivity index (χ1n) is 9.49. The van der Waals surface area contributed by atoms with E-state index in [4.69, 9.17) is 9.47 Å². The van der Waals surface area contributed by atoms with Crippen LogP contribution in [0.3, 0.4) is 0 Å². The smallest absolute Gasteiger partial charge is 0.410 e. The maximum atomic E-state index is 12.4. The molecule has 2 heterocycles. The molecule has 1 aromatic carbocycles. The van der Waals surface area contributed by atoms with Crippen LogP contribution < -0.4 is 5.32 Å². The zero-order valence-corrected chi connectivity index (χ0v) is 17.2. The number of fused-ring (bicyclic) bond motifs is 1. The molecule has 0 saturated carbocycles. The van der Waals surface area contributed by atoms with E-state index >= 15 is 0 Å². The Kier molecular flexibility index (Phi) is 6.00. The van der Waals surface area contributed by atoms with Crippen LogP contribution in [0.15, 0.2) is 30.5 Å². The summed E-state index contributed by atoms with van der Waals surface area (Å²) in [5.74, 6) is 0.138. The van der Waals surface area contributed by atoms with Crippen LogP contribution in [0.1, 0.15) is 37.6 Å². The van der Waals surface area contributed by atoms with Crippen molar-refractivity contribution in [1.29, 1.82) is 0 Å². The number of rotatable bonds is 4. The highest BCUT2D eigenvalue weighted by molar-refractivity contribution is 5.73. The lowest BCUT2D eigenvalue weighted by Crippen LogP contribution is -2.40. The fourth-order valence-corrected chi connectivity index (χ4v) is 2.97. The van der Waals surface area contributed by atoms with E-state index in [9.17, 15) is 9.59 Å². The van der Waals surface area contributed by atoms with Crippen molar-refractivity contribution < 1.29 is 19.1 Å². The number of hydrogen-bond donors (Lipinski definition) is 1. The molecule has 1 aromatic heterocycles. The van der Waals surface area contributed by atoms with E-state index in [0.717, 1.165) is 22.5 Å². The lowest BCUT2D eigenvalue weighted by Gasteiger charge is -2.30. The first kappa shape index (κ1) is 20.6. The molecule has 0 saturated heterocycles. The third-order valence-corrected chi connectivity index (χ3v) is 4.36. The molecule has 8 nitrogen and oxygen atoms in total. The van der Waals surface area contributed by atoms with Crippen molar-refractivity contribution in [2.24, 2.45) is 0 Å². The number of aromatic nitrogens is 2. The lowest BCUT2D eigenvalue weighted by atomic mass is 10.1. The molecule has 154 valence electrons. The molecule has 0 atom stereocenters. The van der Waals surface area contributed by atoms with Gasteiger partial charge in [-0.25, -0.2) is 14.8 Å². The summed E-state index contributed by atoms with van der Waals surface area (Å²) in [6.45, 7) is 6.50. The highest BCUT2D eigenvalue weighted by Gasteiger charge is 2.26. The first-order chi connectivity index (χ1) is 13.7. The summed E-state index contributed by atoms with van der Waals surface area (Å²) >= 11 is 0. The number of methoxy groups -OCH3 is 1. The molecule has 29 heavy (non-hydrogen) atoms. The van der Waals surface area contributed by atoms with Gasteiger partial charge in [-0.05, 0) is 50.5 Å². The highest BCUT2D eigenvalue weighted by Crippen LogP contribution is 2.22. The molecule has 1 amide bonds. The van der Waals surface area contributed by atoms with Gasteiger partial charge < -0.3 is 19.7 Å². The molecule has 1 aliphatic rings. The predicted octanol–water partition coefficient (Wildman–Crippen LogP) is 3.23. The second kappa shape index (κ2) is 8.46. The van der Waals surface area contributed by atoms with Gasteiger partial charge in [-0.15, -0.1) is 0 Å². The number of ether oxygens (including phenoxy) is 2. The zero-order chi connectivity index (χ0) is 21.0. The van der Waals surface area contributed by atoms with E-state index in [1.54, 1.807) is 11.1 Å². The van der Waals surface area contributed by atoms with Crippen LogP contribution in [0.5, 0.6) is 0 Å². The van der Waals surface area contributed by atoms with Gasteiger partial charge >= 0.3 is 12.1 Å². The normalized spacial score (nSPS) is 13.4. The minimum absolute atomic E-state index is 0.196. The van der Waals surface area contributed by atoms with Gasteiger partial charge in [0.1, 0.15) is 5.60 Å². The van der Waals surface area contributed by atoms with Gasteiger partial charge in [-0.3, -0.25) is 4.79 Å². The molecule has 1 N–H and O–H groups in total. The van der Waals surface area contributed by atoms with Crippen LogP contribution in [0.4, 0.5) is 16.4 Å². The number of nitrogens with zero attached hydrogens (tertiary/aromatic N) is 3. The molecular formula is C21H26N4O4. The summed E-state index contributed by atoms with van der Waals surface area (Å²) in [5, 5.41) is 3.16. The minimum Gasteiger partial charge on any atom is -0.469 e. The molecule has 0 fully saturated rings. The van der Waals surface area contributed by atoms with Crippen molar-refractivity contribution in [3.63, 3.8) is 0 Å². The van der Waals surface area contributed by atoms with Crippen LogP contribution >= 0.6 is 0 Å². The molecule has 2 aromatic rings. The molecule has 0 unspecified atom stereocenters. The Balaban J connectivity index is 1.71. The van der Waals surface area contributed by atoms with Gasteiger partial charge in [0.05, 0.1) is 25.8 Å². The second-order valence-electron chi connectivity index (χ2n) is 7.90. The van der Waals surface area contributed by atoms with Gasteiger partial charge in [0.2, 0.25) is 5.95 Å². The van der Waals surface area contributed by atoms with E-state index in [1.165, 1.54) is 7.11 Å². The van der Waals surface area contributed by atoms with Crippen molar-refractivity contribution in [2.75, 3.05) is 19.0 Å². The lowest BCUT2D eigenvalue weighted by molar-refractivity contribution is -0.139. The fourth-order valence-electron chi connectivity index (χ4n) is 2.97. The monoisotopic (exact) mass is 398 g/mol. The van der Waals surface area contributed by atoms with Gasteiger partial charge in [-0.1, -0.05) is 12.1 Å². The summed E-state index contributed by atoms with van der Waals surface area (Å²) in [6, 6.07) is 7.43. The van der Waals surface area contributed by atoms with Crippen molar-refractivity contribution in [3.8, 4) is 0 Å². The standard InChI is InChI=1S/C21H26N4O4/c1-21(2,3)29-20(27)25-9-8-15-12-22-19(24-17(15)13-25)23-16-7-5-6-14(10-16)11-18(26)28-4/h5-7,10,12H,8-9,11,13H2,1-4H3,(H,22,23,24). The van der Waals surface area contributed by atoms with Crippen molar-refractivity contribution in [2.45, 2.75) is 45.8 Å². The van der Waals surface area contributed by atoms with Gasteiger partial charge in [0.15, 0.2) is 0 Å². The Morgan fingerprint density at radius 1 is 1.28 bits per heavy atom. The predicted molar refractivity (Wildman–Crippen MR) is 108 cm³/mol. The summed E-state index contributed by atoms with van der Waals surface area (Å²) in [4.78, 5) is 34.4. The molecule has 0 spiro atoms. The van der Waals surface area contributed by atoms with Crippen molar-refractivity contribution in [3.05, 3.63) is 47.3 Å². The Hall–Kier alpha value is -3.16. The topological polar surface area (TPSA) is 93.6 Å². The number of hydrogen-bond acceptors (Lipinski definition) is 7. The van der Waals surface area contributed by atoms with Crippen LogP contribution in [0.25, 0.3) is 0 Å². The molecule has 0 radical (unpaired) electrons. The molecule has 0 bridgehead atoms. The Labute approximate surface area is 170 Å². The second-order valence-corrected chi connectivity index (χ2v) is 7.90. The maximum absolute atomic E-state index is 12.4. The largest absolute Gasteiger partial charge is 0.469 e. The van der Waals surface area contributed by atoms with Crippen LogP contribution in [0, 0.1) is 0 Å². The number of benzene rings is 1. The number of carbonyl (C=O) groups is 2. The molecule has 0 aliphatic carbocycles. The number of amides is 1. The van der Waals surface area contributed by atoms with E-state index in [-0.39, 0.29) is 18.5 Å². The van der Waals surface area contributed by atoms with Gasteiger partial charge in [0, 0.05) is 18.4 Å². The number of esters is 1. The minimum atomic E-state index is -0.537. The Morgan fingerprint density at radius 3 is 2.79 bits per heavy atom. The summed E-state index contributed by atoms with van der Waals surface area (Å²) in [6.07, 6.45) is 2.33. The Morgan fingerprint density at radius 2 is 2.07 bits per heavy atom. The third-order valence-electron chi connectivity index (χ3n) is 4.36.